The first kappa shape index (κ1) is 22.3. The van der Waals surface area contributed by atoms with Gasteiger partial charge in [-0.2, -0.15) is 8.78 Å². The van der Waals surface area contributed by atoms with Gasteiger partial charge >= 0.3 is 12.6 Å². The molecular weight excluding hydrogens is 380 g/mol. The molecule has 0 saturated carbocycles. The number of nitrogens with one attached hydrogen (secondary N) is 1. The summed E-state index contributed by atoms with van der Waals surface area (Å²) in [7, 11) is 0. The van der Waals surface area contributed by atoms with E-state index in [2.05, 4.69) is 10.1 Å². The lowest BCUT2D eigenvalue weighted by atomic mass is 10.0. The Labute approximate surface area is 169 Å². The molecule has 7 heteroatoms. The number of benzene rings is 2. The van der Waals surface area contributed by atoms with Crippen molar-refractivity contribution >= 4 is 11.9 Å². The lowest BCUT2D eigenvalue weighted by Crippen LogP contribution is -2.38. The summed E-state index contributed by atoms with van der Waals surface area (Å²) in [5.74, 6) is -0.948. The quantitative estimate of drug-likeness (QED) is 0.595. The van der Waals surface area contributed by atoms with Crippen LogP contribution in [0.1, 0.15) is 43.9 Å². The average molecular weight is 405 g/mol. The molecule has 0 heterocycles. The van der Waals surface area contributed by atoms with Gasteiger partial charge in [0.25, 0.3) is 5.91 Å². The number of carbonyl (C=O) groups excluding carboxylic acids is 2. The molecule has 1 amide bonds. The molecule has 0 spiro atoms. The Morgan fingerprint density at radius 2 is 1.69 bits per heavy atom. The van der Waals surface area contributed by atoms with Gasteiger partial charge in [0, 0.05) is 0 Å². The van der Waals surface area contributed by atoms with Crippen molar-refractivity contribution in [1.29, 1.82) is 0 Å². The van der Waals surface area contributed by atoms with Crippen molar-refractivity contribution in [1.82, 2.24) is 5.32 Å². The summed E-state index contributed by atoms with van der Waals surface area (Å²) >= 11 is 0. The molecule has 2 unspecified atom stereocenters. The standard InChI is InChI=1S/C22H25F2NO4/c1-3-7-19(17-8-5-4-6-9-17)25-21(27)15(2)28-20(26)14-16-10-12-18(13-11-16)29-22(23)24/h4-6,8-13,15,19,22H,3,7,14H2,1-2H3,(H,25,27). The number of ether oxygens (including phenoxy) is 2. The number of esters is 1. The van der Waals surface area contributed by atoms with Gasteiger partial charge < -0.3 is 14.8 Å². The molecule has 29 heavy (non-hydrogen) atoms. The van der Waals surface area contributed by atoms with Crippen molar-refractivity contribution in [2.24, 2.45) is 0 Å². The van der Waals surface area contributed by atoms with Gasteiger partial charge in [0.15, 0.2) is 6.10 Å². The van der Waals surface area contributed by atoms with Crippen LogP contribution in [0.4, 0.5) is 8.78 Å². The summed E-state index contributed by atoms with van der Waals surface area (Å²) in [4.78, 5) is 24.6. The average Bonchev–Trinajstić information content (AvgIpc) is 2.69. The first-order valence-corrected chi connectivity index (χ1v) is 9.47. The van der Waals surface area contributed by atoms with Crippen molar-refractivity contribution in [3.05, 3.63) is 65.7 Å². The van der Waals surface area contributed by atoms with Gasteiger partial charge in [-0.15, -0.1) is 0 Å². The number of hydrogen-bond acceptors (Lipinski definition) is 4. The first-order valence-electron chi connectivity index (χ1n) is 9.47. The fourth-order valence-corrected chi connectivity index (χ4v) is 2.83. The molecule has 0 saturated heterocycles. The van der Waals surface area contributed by atoms with Crippen LogP contribution >= 0.6 is 0 Å². The van der Waals surface area contributed by atoms with Crippen LogP contribution in [0.25, 0.3) is 0 Å². The van der Waals surface area contributed by atoms with Crippen LogP contribution < -0.4 is 10.1 Å². The van der Waals surface area contributed by atoms with Crippen molar-refractivity contribution in [3.8, 4) is 5.75 Å². The Morgan fingerprint density at radius 1 is 1.03 bits per heavy atom. The van der Waals surface area contributed by atoms with Crippen molar-refractivity contribution in [2.45, 2.75) is 51.9 Å². The Hall–Kier alpha value is -2.96. The van der Waals surface area contributed by atoms with Crippen LogP contribution in [0.3, 0.4) is 0 Å². The number of carbonyl (C=O) groups is 2. The van der Waals surface area contributed by atoms with Gasteiger partial charge in [0.05, 0.1) is 12.5 Å². The predicted octanol–water partition coefficient (Wildman–Crippen LogP) is 4.42. The minimum Gasteiger partial charge on any atom is -0.452 e. The second kappa shape index (κ2) is 11.1. The zero-order chi connectivity index (χ0) is 21.2. The fraction of sp³-hybridized carbons (Fsp3) is 0.364. The van der Waals surface area contributed by atoms with Gasteiger partial charge in [-0.3, -0.25) is 9.59 Å². The third-order valence-electron chi connectivity index (χ3n) is 4.27. The summed E-state index contributed by atoms with van der Waals surface area (Å²) < 4.78 is 33.8. The summed E-state index contributed by atoms with van der Waals surface area (Å²) in [5.41, 5.74) is 1.56. The lowest BCUT2D eigenvalue weighted by molar-refractivity contribution is -0.154. The van der Waals surface area contributed by atoms with E-state index in [1.54, 1.807) is 0 Å². The van der Waals surface area contributed by atoms with E-state index in [1.807, 2.05) is 37.3 Å². The number of alkyl halides is 2. The number of amides is 1. The molecule has 0 radical (unpaired) electrons. The van der Waals surface area contributed by atoms with Gasteiger partial charge in [0.2, 0.25) is 0 Å². The zero-order valence-corrected chi connectivity index (χ0v) is 16.4. The van der Waals surface area contributed by atoms with E-state index in [-0.39, 0.29) is 24.1 Å². The number of rotatable bonds is 10. The summed E-state index contributed by atoms with van der Waals surface area (Å²) in [6.45, 7) is 0.641. The molecule has 0 fully saturated rings. The second-order valence-electron chi connectivity index (χ2n) is 6.59. The summed E-state index contributed by atoms with van der Waals surface area (Å²) in [6.07, 6.45) is 0.624. The van der Waals surface area contributed by atoms with Crippen LogP contribution in [0.2, 0.25) is 0 Å². The Balaban J connectivity index is 1.88. The molecule has 2 atom stereocenters. The van der Waals surface area contributed by atoms with Gasteiger partial charge in [-0.05, 0) is 36.6 Å². The SMILES string of the molecule is CCCC(NC(=O)C(C)OC(=O)Cc1ccc(OC(F)F)cc1)c1ccccc1. The lowest BCUT2D eigenvalue weighted by Gasteiger charge is -2.21. The largest absolute Gasteiger partial charge is 0.452 e. The van der Waals surface area contributed by atoms with E-state index in [0.717, 1.165) is 18.4 Å². The van der Waals surface area contributed by atoms with Crippen LogP contribution in [0.5, 0.6) is 5.75 Å². The van der Waals surface area contributed by atoms with Gasteiger partial charge in [-0.1, -0.05) is 55.8 Å². The van der Waals surface area contributed by atoms with E-state index < -0.39 is 18.7 Å². The zero-order valence-electron chi connectivity index (χ0n) is 16.4. The third kappa shape index (κ3) is 7.52. The van der Waals surface area contributed by atoms with Crippen LogP contribution in [0, 0.1) is 0 Å². The van der Waals surface area contributed by atoms with Crippen LogP contribution in [-0.4, -0.2) is 24.6 Å². The molecule has 2 aromatic carbocycles. The van der Waals surface area contributed by atoms with E-state index in [1.165, 1.54) is 31.2 Å². The Bertz CT molecular complexity index is 781. The van der Waals surface area contributed by atoms with Crippen molar-refractivity contribution in [3.63, 3.8) is 0 Å². The molecule has 0 aliphatic carbocycles. The molecule has 5 nitrogen and oxygen atoms in total. The van der Waals surface area contributed by atoms with Crippen LogP contribution in [-0.2, 0) is 20.7 Å². The molecule has 0 bridgehead atoms. The smallest absolute Gasteiger partial charge is 0.387 e. The van der Waals surface area contributed by atoms with Crippen LogP contribution in [0.15, 0.2) is 54.6 Å². The second-order valence-corrected chi connectivity index (χ2v) is 6.59. The van der Waals surface area contributed by atoms with Gasteiger partial charge in [0.1, 0.15) is 5.75 Å². The molecule has 0 aromatic heterocycles. The molecule has 0 aliphatic rings. The highest BCUT2D eigenvalue weighted by atomic mass is 19.3. The van der Waals surface area contributed by atoms with E-state index in [4.69, 9.17) is 4.74 Å². The number of hydrogen-bond donors (Lipinski definition) is 1. The molecule has 156 valence electrons. The van der Waals surface area contributed by atoms with E-state index in [9.17, 15) is 18.4 Å². The molecule has 2 aromatic rings. The summed E-state index contributed by atoms with van der Waals surface area (Å²) in [6, 6.07) is 15.1. The molecular formula is C22H25F2NO4. The highest BCUT2D eigenvalue weighted by Crippen LogP contribution is 2.19. The van der Waals surface area contributed by atoms with Crippen molar-refractivity contribution < 1.29 is 27.8 Å². The highest BCUT2D eigenvalue weighted by Gasteiger charge is 2.21. The minimum absolute atomic E-state index is 0.00717. The monoisotopic (exact) mass is 405 g/mol. The molecule has 2 rings (SSSR count). The van der Waals surface area contributed by atoms with Gasteiger partial charge in [-0.25, -0.2) is 0 Å². The van der Waals surface area contributed by atoms with E-state index >= 15 is 0 Å². The number of halogens is 2. The predicted molar refractivity (Wildman–Crippen MR) is 105 cm³/mol. The Morgan fingerprint density at radius 3 is 2.28 bits per heavy atom. The van der Waals surface area contributed by atoms with Crippen molar-refractivity contribution in [2.75, 3.05) is 0 Å². The first-order chi connectivity index (χ1) is 13.9. The fourth-order valence-electron chi connectivity index (χ4n) is 2.83. The maximum atomic E-state index is 12.5. The maximum absolute atomic E-state index is 12.5. The molecule has 0 aliphatic heterocycles. The third-order valence-corrected chi connectivity index (χ3v) is 4.27. The topological polar surface area (TPSA) is 64.6 Å². The maximum Gasteiger partial charge on any atom is 0.387 e. The molecule has 1 N–H and O–H groups in total. The Kier molecular flexibility index (Phi) is 8.58. The van der Waals surface area contributed by atoms with E-state index in [0.29, 0.717) is 5.56 Å². The summed E-state index contributed by atoms with van der Waals surface area (Å²) in [5, 5.41) is 2.93. The normalized spacial score (nSPS) is 12.9. The minimum atomic E-state index is -2.91. The highest BCUT2D eigenvalue weighted by molar-refractivity contribution is 5.84.